The Labute approximate surface area is 113 Å². The molecule has 1 aromatic heterocycles. The van der Waals surface area contributed by atoms with Crippen molar-refractivity contribution < 1.29 is 9.53 Å². The Morgan fingerprint density at radius 3 is 2.83 bits per heavy atom. The second-order valence-corrected chi connectivity index (χ2v) is 4.24. The molecule has 1 aromatic rings. The molecule has 0 fully saturated rings. The Balaban J connectivity index is 0.00000289. The predicted octanol–water partition coefficient (Wildman–Crippen LogP) is 0.873. The molecule has 0 aliphatic rings. The summed E-state index contributed by atoms with van der Waals surface area (Å²) in [4.78, 5) is 11.7. The van der Waals surface area contributed by atoms with Gasteiger partial charge >= 0.3 is 0 Å². The van der Waals surface area contributed by atoms with Gasteiger partial charge in [-0.3, -0.25) is 9.48 Å². The molecule has 1 rings (SSSR count). The molecule has 3 N–H and O–H groups in total. The third-order valence-electron chi connectivity index (χ3n) is 2.45. The van der Waals surface area contributed by atoms with E-state index in [1.165, 1.54) is 0 Å². The van der Waals surface area contributed by atoms with E-state index in [0.717, 1.165) is 0 Å². The molecular weight excluding hydrogens is 256 g/mol. The summed E-state index contributed by atoms with van der Waals surface area (Å²) in [5.41, 5.74) is 6.39. The fourth-order valence-electron chi connectivity index (χ4n) is 1.26. The van der Waals surface area contributed by atoms with Gasteiger partial charge in [0.25, 0.3) is 0 Å². The van der Waals surface area contributed by atoms with Gasteiger partial charge < -0.3 is 15.8 Å². The van der Waals surface area contributed by atoms with Crippen molar-refractivity contribution in [2.75, 3.05) is 19.0 Å². The Bertz CT molecular complexity index is 368. The molecule has 0 saturated carbocycles. The highest BCUT2D eigenvalue weighted by Crippen LogP contribution is 2.07. The van der Waals surface area contributed by atoms with E-state index in [9.17, 15) is 4.79 Å². The first-order chi connectivity index (χ1) is 8.04. The maximum atomic E-state index is 11.7. The maximum absolute atomic E-state index is 11.7. The number of carbonyl (C=O) groups excluding carboxylic acids is 1. The zero-order valence-electron chi connectivity index (χ0n) is 10.9. The average molecular weight is 277 g/mol. The first-order valence-corrected chi connectivity index (χ1v) is 5.62. The molecule has 1 heterocycles. The molecule has 7 heteroatoms. The van der Waals surface area contributed by atoms with Crippen molar-refractivity contribution in [2.45, 2.75) is 26.4 Å². The van der Waals surface area contributed by atoms with Crippen molar-refractivity contribution in [3.63, 3.8) is 0 Å². The van der Waals surface area contributed by atoms with Crippen molar-refractivity contribution in [2.24, 2.45) is 11.7 Å². The van der Waals surface area contributed by atoms with Crippen LogP contribution in [0.5, 0.6) is 0 Å². The van der Waals surface area contributed by atoms with E-state index >= 15 is 0 Å². The van der Waals surface area contributed by atoms with Gasteiger partial charge in [0.1, 0.15) is 0 Å². The van der Waals surface area contributed by atoms with Gasteiger partial charge in [-0.1, -0.05) is 13.8 Å². The minimum absolute atomic E-state index is 0. The first-order valence-electron chi connectivity index (χ1n) is 5.62. The number of carbonyl (C=O) groups is 1. The normalized spacial score (nSPS) is 12.1. The summed E-state index contributed by atoms with van der Waals surface area (Å²) in [6.45, 7) is 5.06. The lowest BCUT2D eigenvalue weighted by Crippen LogP contribution is -2.39. The molecule has 1 unspecified atom stereocenters. The van der Waals surface area contributed by atoms with Crippen LogP contribution >= 0.6 is 12.4 Å². The summed E-state index contributed by atoms with van der Waals surface area (Å²) in [6, 6.07) is -0.502. The van der Waals surface area contributed by atoms with Gasteiger partial charge in [0.2, 0.25) is 5.91 Å². The van der Waals surface area contributed by atoms with Crippen molar-refractivity contribution in [1.82, 2.24) is 9.78 Å². The maximum Gasteiger partial charge on any atom is 0.241 e. The zero-order chi connectivity index (χ0) is 12.8. The number of anilines is 1. The summed E-state index contributed by atoms with van der Waals surface area (Å²) < 4.78 is 6.65. The number of ether oxygens (including phenoxy) is 1. The average Bonchev–Trinajstić information content (AvgIpc) is 2.72. The summed E-state index contributed by atoms with van der Waals surface area (Å²) >= 11 is 0. The number of hydrogen-bond acceptors (Lipinski definition) is 4. The van der Waals surface area contributed by atoms with Crippen LogP contribution in [0.25, 0.3) is 0 Å². The molecule has 104 valence electrons. The summed E-state index contributed by atoms with van der Waals surface area (Å²) in [5, 5.41) is 6.82. The minimum Gasteiger partial charge on any atom is -0.383 e. The van der Waals surface area contributed by atoms with E-state index in [1.54, 1.807) is 24.2 Å². The van der Waals surface area contributed by atoms with Gasteiger partial charge in [-0.15, -0.1) is 12.4 Å². The first kappa shape index (κ1) is 16.9. The molecule has 0 aliphatic carbocycles. The topological polar surface area (TPSA) is 82.2 Å². The predicted molar refractivity (Wildman–Crippen MR) is 72.8 cm³/mol. The Morgan fingerprint density at radius 2 is 2.28 bits per heavy atom. The third-order valence-corrected chi connectivity index (χ3v) is 2.45. The van der Waals surface area contributed by atoms with E-state index < -0.39 is 6.04 Å². The highest BCUT2D eigenvalue weighted by Gasteiger charge is 2.17. The number of aromatic nitrogens is 2. The van der Waals surface area contributed by atoms with E-state index in [0.29, 0.717) is 18.8 Å². The van der Waals surface area contributed by atoms with Gasteiger partial charge in [-0.05, 0) is 5.92 Å². The van der Waals surface area contributed by atoms with E-state index in [1.807, 2.05) is 13.8 Å². The largest absolute Gasteiger partial charge is 0.383 e. The van der Waals surface area contributed by atoms with E-state index in [2.05, 4.69) is 10.4 Å². The number of rotatable bonds is 6. The van der Waals surface area contributed by atoms with Crippen LogP contribution in [0.2, 0.25) is 0 Å². The van der Waals surface area contributed by atoms with Crippen LogP contribution in [0.1, 0.15) is 13.8 Å². The molecule has 0 spiro atoms. The van der Waals surface area contributed by atoms with Crippen molar-refractivity contribution in [1.29, 1.82) is 0 Å². The van der Waals surface area contributed by atoms with Gasteiger partial charge in [0.15, 0.2) is 0 Å². The smallest absolute Gasteiger partial charge is 0.241 e. The Morgan fingerprint density at radius 1 is 1.61 bits per heavy atom. The van der Waals surface area contributed by atoms with Crippen molar-refractivity contribution in [3.8, 4) is 0 Å². The molecule has 1 atom stereocenters. The fraction of sp³-hybridized carbons (Fsp3) is 0.636. The second-order valence-electron chi connectivity index (χ2n) is 4.24. The molecule has 1 amide bonds. The van der Waals surface area contributed by atoms with Crippen LogP contribution in [0.15, 0.2) is 12.4 Å². The molecule has 0 saturated heterocycles. The van der Waals surface area contributed by atoms with Crippen LogP contribution in [-0.2, 0) is 16.1 Å². The molecule has 18 heavy (non-hydrogen) atoms. The molecule has 0 aromatic carbocycles. The number of nitrogens with zero attached hydrogens (tertiary/aromatic N) is 2. The van der Waals surface area contributed by atoms with Gasteiger partial charge in [0, 0.05) is 13.3 Å². The Kier molecular flexibility index (Phi) is 7.58. The monoisotopic (exact) mass is 276 g/mol. The van der Waals surface area contributed by atoms with Crippen molar-refractivity contribution >= 4 is 24.0 Å². The number of nitrogens with one attached hydrogen (secondary N) is 1. The summed E-state index contributed by atoms with van der Waals surface area (Å²) in [6.07, 6.45) is 3.35. The van der Waals surface area contributed by atoms with Crippen LogP contribution in [0, 0.1) is 5.92 Å². The van der Waals surface area contributed by atoms with Crippen LogP contribution in [0.3, 0.4) is 0 Å². The number of halogens is 1. The van der Waals surface area contributed by atoms with Crippen molar-refractivity contribution in [3.05, 3.63) is 12.4 Å². The van der Waals surface area contributed by atoms with Crippen LogP contribution in [0.4, 0.5) is 5.69 Å². The molecule has 0 aliphatic heterocycles. The zero-order valence-corrected chi connectivity index (χ0v) is 11.7. The number of amides is 1. The Hall–Kier alpha value is -1.11. The minimum atomic E-state index is -0.502. The van der Waals surface area contributed by atoms with Crippen LogP contribution in [-0.4, -0.2) is 35.4 Å². The molecule has 6 nitrogen and oxygen atoms in total. The fourth-order valence-corrected chi connectivity index (χ4v) is 1.26. The second kappa shape index (κ2) is 8.07. The number of hydrogen-bond donors (Lipinski definition) is 2. The van der Waals surface area contributed by atoms with E-state index in [-0.39, 0.29) is 24.2 Å². The highest BCUT2D eigenvalue weighted by atomic mass is 35.5. The standard InChI is InChI=1S/C11H20N4O2.ClH/c1-8(2)10(12)11(16)14-9-6-13-15(7-9)4-5-17-3;/h6-8,10H,4-5,12H2,1-3H3,(H,14,16);1H. The summed E-state index contributed by atoms with van der Waals surface area (Å²) in [5.74, 6) is -0.0789. The molecule has 0 bridgehead atoms. The van der Waals surface area contributed by atoms with Gasteiger partial charge in [0.05, 0.1) is 31.1 Å². The van der Waals surface area contributed by atoms with Gasteiger partial charge in [-0.2, -0.15) is 5.10 Å². The third kappa shape index (κ3) is 5.03. The lowest BCUT2D eigenvalue weighted by Gasteiger charge is -2.14. The highest BCUT2D eigenvalue weighted by molar-refractivity contribution is 5.94. The molecular formula is C11H21ClN4O2. The van der Waals surface area contributed by atoms with Gasteiger partial charge in [-0.25, -0.2) is 0 Å². The molecule has 0 radical (unpaired) electrons. The lowest BCUT2D eigenvalue weighted by molar-refractivity contribution is -0.118. The lowest BCUT2D eigenvalue weighted by atomic mass is 10.1. The number of methoxy groups -OCH3 is 1. The SMILES string of the molecule is COCCn1cc(NC(=O)C(N)C(C)C)cn1.Cl. The van der Waals surface area contributed by atoms with Crippen LogP contribution < -0.4 is 11.1 Å². The number of nitrogens with two attached hydrogens (primary N) is 1. The van der Waals surface area contributed by atoms with E-state index in [4.69, 9.17) is 10.5 Å². The quantitative estimate of drug-likeness (QED) is 0.808. The summed E-state index contributed by atoms with van der Waals surface area (Å²) in [7, 11) is 1.63.